The van der Waals surface area contributed by atoms with Crippen LogP contribution in [0.3, 0.4) is 0 Å². The van der Waals surface area contributed by atoms with Gasteiger partial charge in [0.1, 0.15) is 17.8 Å². The van der Waals surface area contributed by atoms with Gasteiger partial charge in [0.25, 0.3) is 0 Å². The first kappa shape index (κ1) is 30.8. The van der Waals surface area contributed by atoms with E-state index in [-0.39, 0.29) is 11.8 Å². The highest BCUT2D eigenvalue weighted by molar-refractivity contribution is 5.17. The normalized spacial score (nSPS) is 16.6. The Hall–Kier alpha value is -1.44. The number of aliphatic hydroxyl groups excluding tert-OH is 2. The van der Waals surface area contributed by atoms with E-state index in [1.54, 1.807) is 0 Å². The molecule has 30 heavy (non-hydrogen) atoms. The van der Waals surface area contributed by atoms with Gasteiger partial charge in [-0.2, -0.15) is 0 Å². The molecule has 0 fully saturated rings. The smallest absolute Gasteiger partial charge is 0.165 e. The van der Waals surface area contributed by atoms with Crippen molar-refractivity contribution in [3.05, 3.63) is 36.0 Å². The second-order valence-corrected chi connectivity index (χ2v) is 8.44. The molecule has 0 radical (unpaired) electrons. The van der Waals surface area contributed by atoms with Crippen molar-refractivity contribution in [1.29, 1.82) is 0 Å². The van der Waals surface area contributed by atoms with Crippen LogP contribution in [0.5, 0.6) is 0 Å². The molecule has 0 aliphatic rings. The Morgan fingerprint density at radius 1 is 0.833 bits per heavy atom. The Morgan fingerprint density at radius 3 is 1.77 bits per heavy atom. The van der Waals surface area contributed by atoms with Crippen LogP contribution in [-0.4, -0.2) is 22.4 Å². The van der Waals surface area contributed by atoms with Gasteiger partial charge < -0.3 is 10.2 Å². The summed E-state index contributed by atoms with van der Waals surface area (Å²) in [5.41, 5.74) is 0. The summed E-state index contributed by atoms with van der Waals surface area (Å²) < 4.78 is 26.7. The Bertz CT molecular complexity index is 580. The summed E-state index contributed by atoms with van der Waals surface area (Å²) in [6.07, 6.45) is 7.48. The van der Waals surface area contributed by atoms with Crippen LogP contribution < -0.4 is 0 Å². The Kier molecular flexibility index (Phi) is 18.8. The Labute approximate surface area is 184 Å². The lowest BCUT2D eigenvalue weighted by Crippen LogP contribution is -2.07. The molecule has 0 amide bonds. The van der Waals surface area contributed by atoms with E-state index < -0.39 is 23.9 Å². The molecule has 0 spiro atoms. The fraction of sp³-hybridized carbons (Fsp3) is 0.692. The van der Waals surface area contributed by atoms with Crippen LogP contribution >= 0.6 is 0 Å². The quantitative estimate of drug-likeness (QED) is 0.288. The standard InChI is InChI=1S/C13H23FO.C13H21FO/c2*1-5-6-7-8-13(15)12(14)9-11(4)10(2)3/h7-11,13,15H,5-6H2,1-4H3;9-11,13,15H,5-6H2,1-4H3/b8-7-,12-9+;12-9+/t2*11-,13?/m00/s1. The first-order chi connectivity index (χ1) is 14.0. The maximum absolute atomic E-state index is 13.4. The number of allylic oxidation sites excluding steroid dienone is 3. The van der Waals surface area contributed by atoms with Gasteiger partial charge in [-0.1, -0.05) is 79.9 Å². The van der Waals surface area contributed by atoms with Crippen molar-refractivity contribution in [2.75, 3.05) is 0 Å². The van der Waals surface area contributed by atoms with Gasteiger partial charge in [-0.25, -0.2) is 8.78 Å². The van der Waals surface area contributed by atoms with Crippen molar-refractivity contribution in [2.24, 2.45) is 23.7 Å². The average molecular weight is 427 g/mol. The second-order valence-electron chi connectivity index (χ2n) is 8.44. The van der Waals surface area contributed by atoms with Crippen LogP contribution in [0.2, 0.25) is 0 Å². The maximum atomic E-state index is 13.4. The average Bonchev–Trinajstić information content (AvgIpc) is 2.68. The largest absolute Gasteiger partial charge is 0.382 e. The Morgan fingerprint density at radius 2 is 1.33 bits per heavy atom. The highest BCUT2D eigenvalue weighted by Gasteiger charge is 2.11. The molecule has 0 saturated heterocycles. The van der Waals surface area contributed by atoms with Crippen molar-refractivity contribution in [3.8, 4) is 11.8 Å². The molecular weight excluding hydrogens is 382 g/mol. The van der Waals surface area contributed by atoms with Crippen molar-refractivity contribution in [1.82, 2.24) is 0 Å². The number of aliphatic hydroxyl groups is 2. The van der Waals surface area contributed by atoms with Crippen molar-refractivity contribution in [2.45, 2.75) is 93.3 Å². The summed E-state index contributed by atoms with van der Waals surface area (Å²) in [7, 11) is 0. The molecular formula is C26H44F2O2. The highest BCUT2D eigenvalue weighted by Crippen LogP contribution is 2.17. The minimum atomic E-state index is -1.25. The molecule has 174 valence electrons. The summed E-state index contributed by atoms with van der Waals surface area (Å²) in [6.45, 7) is 16.0. The minimum absolute atomic E-state index is 0.118. The fourth-order valence-corrected chi connectivity index (χ4v) is 1.92. The third-order valence-electron chi connectivity index (χ3n) is 4.88. The SMILES string of the molecule is CCC/C=C\C(O)/C(F)=C\[C@H](C)C(C)C.CCCC#CC(O)/C(F)=C\[C@H](C)C(C)C. The van der Waals surface area contributed by atoms with Gasteiger partial charge in [0.2, 0.25) is 0 Å². The number of halogens is 2. The molecule has 0 bridgehead atoms. The van der Waals surface area contributed by atoms with E-state index in [0.717, 1.165) is 19.3 Å². The number of rotatable bonds is 10. The van der Waals surface area contributed by atoms with Gasteiger partial charge in [0.05, 0.1) is 0 Å². The van der Waals surface area contributed by atoms with Crippen LogP contribution in [-0.2, 0) is 0 Å². The summed E-state index contributed by atoms with van der Waals surface area (Å²) in [4.78, 5) is 0. The van der Waals surface area contributed by atoms with E-state index in [1.807, 2.05) is 61.5 Å². The van der Waals surface area contributed by atoms with Crippen LogP contribution in [0.25, 0.3) is 0 Å². The maximum Gasteiger partial charge on any atom is 0.165 e. The number of hydrogen-bond acceptors (Lipinski definition) is 2. The zero-order chi connectivity index (χ0) is 23.7. The molecule has 0 aromatic carbocycles. The van der Waals surface area contributed by atoms with Crippen LogP contribution in [0.4, 0.5) is 8.78 Å². The van der Waals surface area contributed by atoms with E-state index in [9.17, 15) is 19.0 Å². The number of unbranched alkanes of at least 4 members (excludes halogenated alkanes) is 2. The topological polar surface area (TPSA) is 40.5 Å². The van der Waals surface area contributed by atoms with Gasteiger partial charge in [0, 0.05) is 6.42 Å². The molecule has 0 rings (SSSR count). The predicted molar refractivity (Wildman–Crippen MR) is 125 cm³/mol. The van der Waals surface area contributed by atoms with Gasteiger partial charge in [-0.3, -0.25) is 0 Å². The van der Waals surface area contributed by atoms with Crippen LogP contribution in [0, 0.1) is 35.5 Å². The molecule has 2 unspecified atom stereocenters. The van der Waals surface area contributed by atoms with Crippen LogP contribution in [0.1, 0.15) is 81.1 Å². The molecule has 0 saturated carbocycles. The lowest BCUT2D eigenvalue weighted by atomic mass is 9.97. The monoisotopic (exact) mass is 426 g/mol. The molecule has 0 heterocycles. The van der Waals surface area contributed by atoms with Crippen molar-refractivity contribution >= 4 is 0 Å². The van der Waals surface area contributed by atoms with Gasteiger partial charge in [0.15, 0.2) is 6.10 Å². The van der Waals surface area contributed by atoms with Gasteiger partial charge >= 0.3 is 0 Å². The summed E-state index contributed by atoms with van der Waals surface area (Å²) in [5.74, 6) is 5.29. The highest BCUT2D eigenvalue weighted by atomic mass is 19.1. The third-order valence-corrected chi connectivity index (χ3v) is 4.88. The van der Waals surface area contributed by atoms with Crippen molar-refractivity contribution in [3.63, 3.8) is 0 Å². The second kappa shape index (κ2) is 18.3. The molecule has 2 N–H and O–H groups in total. The zero-order valence-corrected chi connectivity index (χ0v) is 20.3. The third kappa shape index (κ3) is 16.4. The first-order valence-electron chi connectivity index (χ1n) is 11.2. The molecule has 4 atom stereocenters. The van der Waals surface area contributed by atoms with Crippen LogP contribution in [0.15, 0.2) is 36.0 Å². The molecule has 0 aromatic rings. The lowest BCUT2D eigenvalue weighted by molar-refractivity contribution is 0.225. The van der Waals surface area contributed by atoms with E-state index in [1.165, 1.54) is 18.2 Å². The van der Waals surface area contributed by atoms with E-state index in [0.29, 0.717) is 18.3 Å². The van der Waals surface area contributed by atoms with E-state index in [2.05, 4.69) is 11.8 Å². The number of hydrogen-bond donors (Lipinski definition) is 2. The predicted octanol–water partition coefficient (Wildman–Crippen LogP) is 7.15. The summed E-state index contributed by atoms with van der Waals surface area (Å²) in [6, 6.07) is 0. The van der Waals surface area contributed by atoms with E-state index >= 15 is 0 Å². The molecule has 0 aliphatic heterocycles. The van der Waals surface area contributed by atoms with E-state index in [4.69, 9.17) is 0 Å². The van der Waals surface area contributed by atoms with Crippen molar-refractivity contribution < 1.29 is 19.0 Å². The minimum Gasteiger partial charge on any atom is -0.382 e. The molecule has 2 nitrogen and oxygen atoms in total. The first-order valence-corrected chi connectivity index (χ1v) is 11.2. The molecule has 4 heteroatoms. The molecule has 0 aliphatic carbocycles. The summed E-state index contributed by atoms with van der Waals surface area (Å²) in [5, 5.41) is 18.8. The zero-order valence-electron chi connectivity index (χ0n) is 20.3. The molecule has 0 aromatic heterocycles. The lowest BCUT2D eigenvalue weighted by Gasteiger charge is -2.11. The van der Waals surface area contributed by atoms with Gasteiger partial charge in [-0.15, -0.1) is 5.92 Å². The summed E-state index contributed by atoms with van der Waals surface area (Å²) >= 11 is 0. The fourth-order valence-electron chi connectivity index (χ4n) is 1.92. The van der Waals surface area contributed by atoms with Gasteiger partial charge in [-0.05, 0) is 48.7 Å². The Balaban J connectivity index is 0.